The molecule has 2 rings (SSSR count). The number of aromatic nitrogens is 1. The molecule has 1 aliphatic heterocycles. The molecule has 1 atom stereocenters. The summed E-state index contributed by atoms with van der Waals surface area (Å²) in [6, 6.07) is 0. The Balaban J connectivity index is 1.61. The van der Waals surface area contributed by atoms with Gasteiger partial charge in [0.05, 0.1) is 24.4 Å². The van der Waals surface area contributed by atoms with Crippen molar-refractivity contribution in [1.29, 1.82) is 0 Å². The summed E-state index contributed by atoms with van der Waals surface area (Å²) in [5.41, 5.74) is 3.00. The molecule has 21 heavy (non-hydrogen) atoms. The van der Waals surface area contributed by atoms with E-state index >= 15 is 0 Å². The summed E-state index contributed by atoms with van der Waals surface area (Å²) < 4.78 is 5.32. The van der Waals surface area contributed by atoms with Gasteiger partial charge >= 0.3 is 0 Å². The fourth-order valence-electron chi connectivity index (χ4n) is 2.45. The average Bonchev–Trinajstić information content (AvgIpc) is 2.90. The Morgan fingerprint density at radius 1 is 1.52 bits per heavy atom. The van der Waals surface area contributed by atoms with Gasteiger partial charge in [0.15, 0.2) is 0 Å². The number of carbonyl (C=O) groups excluding carboxylic acids is 1. The Morgan fingerprint density at radius 3 is 2.95 bits per heavy atom. The number of nitrogens with one attached hydrogen (secondary N) is 1. The summed E-state index contributed by atoms with van der Waals surface area (Å²) in [6.07, 6.45) is 1.97. The summed E-state index contributed by atoms with van der Waals surface area (Å²) in [4.78, 5) is 19.9. The highest BCUT2D eigenvalue weighted by Crippen LogP contribution is 2.13. The van der Waals surface area contributed by atoms with Crippen molar-refractivity contribution in [2.45, 2.75) is 26.7 Å². The molecule has 0 saturated carbocycles. The quantitative estimate of drug-likeness (QED) is 0.775. The van der Waals surface area contributed by atoms with Crippen LogP contribution in [0.1, 0.15) is 23.9 Å². The predicted molar refractivity (Wildman–Crippen MR) is 84.6 cm³/mol. The molecule has 1 fully saturated rings. The molecule has 6 heteroatoms. The van der Waals surface area contributed by atoms with Crippen LogP contribution in [-0.2, 0) is 16.0 Å². The summed E-state index contributed by atoms with van der Waals surface area (Å²) in [5, 5.41) is 3.04. The van der Waals surface area contributed by atoms with Crippen LogP contribution >= 0.6 is 11.3 Å². The van der Waals surface area contributed by atoms with Gasteiger partial charge in [0.1, 0.15) is 0 Å². The van der Waals surface area contributed by atoms with Crippen molar-refractivity contribution in [2.75, 3.05) is 39.4 Å². The fraction of sp³-hybridized carbons (Fsp3) is 0.733. The van der Waals surface area contributed by atoms with Crippen LogP contribution < -0.4 is 5.32 Å². The zero-order valence-electron chi connectivity index (χ0n) is 12.9. The van der Waals surface area contributed by atoms with Gasteiger partial charge in [0, 0.05) is 37.0 Å². The molecule has 1 aromatic rings. The third-order valence-electron chi connectivity index (χ3n) is 3.81. The van der Waals surface area contributed by atoms with Gasteiger partial charge in [-0.1, -0.05) is 6.92 Å². The van der Waals surface area contributed by atoms with Gasteiger partial charge in [-0.3, -0.25) is 9.69 Å². The van der Waals surface area contributed by atoms with Crippen molar-refractivity contribution in [3.63, 3.8) is 0 Å². The molecule has 0 spiro atoms. The van der Waals surface area contributed by atoms with Crippen LogP contribution in [0.4, 0.5) is 0 Å². The number of amides is 1. The molecular formula is C15H25N3O2S. The molecule has 0 unspecified atom stereocenters. The number of hydrogen-bond acceptors (Lipinski definition) is 5. The highest BCUT2D eigenvalue weighted by atomic mass is 32.1. The van der Waals surface area contributed by atoms with Gasteiger partial charge in [-0.2, -0.15) is 0 Å². The minimum absolute atomic E-state index is 0.0354. The van der Waals surface area contributed by atoms with E-state index in [9.17, 15) is 4.79 Å². The normalized spacial score (nSPS) is 17.6. The number of thiazole rings is 1. The number of aryl methyl sites for hydroxylation is 2. The molecule has 2 heterocycles. The summed E-state index contributed by atoms with van der Waals surface area (Å²) in [6.45, 7) is 9.02. The van der Waals surface area contributed by atoms with E-state index in [1.54, 1.807) is 11.3 Å². The Kier molecular flexibility index (Phi) is 6.60. The monoisotopic (exact) mass is 311 g/mol. The van der Waals surface area contributed by atoms with E-state index in [-0.39, 0.29) is 11.8 Å². The lowest BCUT2D eigenvalue weighted by Crippen LogP contribution is -2.42. The summed E-state index contributed by atoms with van der Waals surface area (Å²) in [5.74, 6) is 0.191. The van der Waals surface area contributed by atoms with Crippen LogP contribution in [-0.4, -0.2) is 55.2 Å². The maximum absolute atomic E-state index is 12.1. The third kappa shape index (κ3) is 5.37. The van der Waals surface area contributed by atoms with Crippen molar-refractivity contribution in [3.8, 4) is 0 Å². The standard InChI is InChI=1S/C15H25N3O2S/c1-12(10-18-6-8-20-9-7-18)15(19)16-5-3-4-14-13(2)17-11-21-14/h11-12H,3-10H2,1-2H3,(H,16,19)/t12-/m1/s1. The van der Waals surface area contributed by atoms with Gasteiger partial charge < -0.3 is 10.1 Å². The minimum Gasteiger partial charge on any atom is -0.379 e. The predicted octanol–water partition coefficient (Wildman–Crippen LogP) is 1.47. The first-order valence-electron chi connectivity index (χ1n) is 7.63. The number of hydrogen-bond donors (Lipinski definition) is 1. The van der Waals surface area contributed by atoms with Crippen LogP contribution in [0.2, 0.25) is 0 Å². The number of carbonyl (C=O) groups is 1. The molecular weight excluding hydrogens is 286 g/mol. The molecule has 1 amide bonds. The van der Waals surface area contributed by atoms with Gasteiger partial charge in [-0.25, -0.2) is 4.98 Å². The number of nitrogens with zero attached hydrogens (tertiary/aromatic N) is 2. The molecule has 0 radical (unpaired) electrons. The van der Waals surface area contributed by atoms with E-state index in [0.29, 0.717) is 0 Å². The van der Waals surface area contributed by atoms with Crippen LogP contribution in [0.25, 0.3) is 0 Å². The Morgan fingerprint density at radius 2 is 2.29 bits per heavy atom. The van der Waals surface area contributed by atoms with Gasteiger partial charge in [0.2, 0.25) is 5.91 Å². The highest BCUT2D eigenvalue weighted by molar-refractivity contribution is 7.09. The zero-order chi connectivity index (χ0) is 15.1. The Labute approximate surface area is 130 Å². The number of rotatable bonds is 7. The second kappa shape index (κ2) is 8.46. The van der Waals surface area contributed by atoms with E-state index in [1.807, 2.05) is 19.4 Å². The van der Waals surface area contributed by atoms with E-state index in [1.165, 1.54) is 4.88 Å². The molecule has 0 aromatic carbocycles. The zero-order valence-corrected chi connectivity index (χ0v) is 13.7. The first kappa shape index (κ1) is 16.4. The average molecular weight is 311 g/mol. The van der Waals surface area contributed by atoms with Crippen LogP contribution in [0.5, 0.6) is 0 Å². The van der Waals surface area contributed by atoms with Crippen molar-refractivity contribution in [3.05, 3.63) is 16.1 Å². The van der Waals surface area contributed by atoms with Crippen LogP contribution in [0, 0.1) is 12.8 Å². The van der Waals surface area contributed by atoms with Crippen molar-refractivity contribution < 1.29 is 9.53 Å². The second-order valence-electron chi connectivity index (χ2n) is 5.57. The molecule has 5 nitrogen and oxygen atoms in total. The molecule has 0 bridgehead atoms. The summed E-state index contributed by atoms with van der Waals surface area (Å²) in [7, 11) is 0. The van der Waals surface area contributed by atoms with Crippen molar-refractivity contribution >= 4 is 17.2 Å². The lowest BCUT2D eigenvalue weighted by Gasteiger charge is -2.28. The fourth-order valence-corrected chi connectivity index (χ4v) is 3.28. The molecule has 1 saturated heterocycles. The smallest absolute Gasteiger partial charge is 0.224 e. The Hall–Kier alpha value is -0.980. The topological polar surface area (TPSA) is 54.5 Å². The van der Waals surface area contributed by atoms with Crippen molar-refractivity contribution in [2.24, 2.45) is 5.92 Å². The largest absolute Gasteiger partial charge is 0.379 e. The second-order valence-corrected chi connectivity index (χ2v) is 6.51. The van der Waals surface area contributed by atoms with E-state index < -0.39 is 0 Å². The highest BCUT2D eigenvalue weighted by Gasteiger charge is 2.18. The van der Waals surface area contributed by atoms with Gasteiger partial charge in [0.25, 0.3) is 0 Å². The first-order chi connectivity index (χ1) is 10.2. The molecule has 1 aliphatic rings. The van der Waals surface area contributed by atoms with E-state index in [2.05, 4.69) is 15.2 Å². The number of morpholine rings is 1. The third-order valence-corrected chi connectivity index (χ3v) is 4.80. The maximum atomic E-state index is 12.1. The molecule has 1 aromatic heterocycles. The van der Waals surface area contributed by atoms with Crippen molar-refractivity contribution in [1.82, 2.24) is 15.2 Å². The lowest BCUT2D eigenvalue weighted by atomic mass is 10.1. The van der Waals surface area contributed by atoms with E-state index in [0.717, 1.165) is 57.9 Å². The Bertz CT molecular complexity index is 444. The lowest BCUT2D eigenvalue weighted by molar-refractivity contribution is -0.125. The van der Waals surface area contributed by atoms with Gasteiger partial charge in [-0.15, -0.1) is 11.3 Å². The molecule has 0 aliphatic carbocycles. The molecule has 1 N–H and O–H groups in total. The molecule has 118 valence electrons. The summed E-state index contributed by atoms with van der Waals surface area (Å²) >= 11 is 1.70. The van der Waals surface area contributed by atoms with E-state index in [4.69, 9.17) is 4.74 Å². The van der Waals surface area contributed by atoms with Crippen LogP contribution in [0.3, 0.4) is 0 Å². The SMILES string of the molecule is Cc1ncsc1CCCNC(=O)[C@H](C)CN1CCOCC1. The maximum Gasteiger partial charge on any atom is 0.224 e. The first-order valence-corrected chi connectivity index (χ1v) is 8.51. The number of ether oxygens (including phenoxy) is 1. The van der Waals surface area contributed by atoms with Gasteiger partial charge in [-0.05, 0) is 19.8 Å². The van der Waals surface area contributed by atoms with Crippen LogP contribution in [0.15, 0.2) is 5.51 Å². The minimum atomic E-state index is 0.0354.